The Hall–Kier alpha value is -1.68. The predicted molar refractivity (Wildman–Crippen MR) is 66.1 cm³/mol. The molecule has 0 atom stereocenters. The van der Waals surface area contributed by atoms with Gasteiger partial charge in [-0.1, -0.05) is 6.07 Å². The van der Waals surface area contributed by atoms with E-state index in [1.807, 2.05) is 30.8 Å². The van der Waals surface area contributed by atoms with Gasteiger partial charge < -0.3 is 9.88 Å². The zero-order chi connectivity index (χ0) is 12.3. The van der Waals surface area contributed by atoms with Gasteiger partial charge in [-0.15, -0.1) is 0 Å². The maximum atomic E-state index is 13.8. The highest BCUT2D eigenvalue weighted by Gasteiger charge is 2.10. The highest BCUT2D eigenvalue weighted by Crippen LogP contribution is 2.22. The lowest BCUT2D eigenvalue weighted by atomic mass is 10.1. The second-order valence-corrected chi connectivity index (χ2v) is 3.88. The molecule has 1 heterocycles. The molecule has 2 rings (SSSR count). The van der Waals surface area contributed by atoms with E-state index in [1.165, 1.54) is 6.07 Å². The first-order valence-electron chi connectivity index (χ1n) is 5.70. The minimum absolute atomic E-state index is 0.231. The van der Waals surface area contributed by atoms with E-state index in [4.69, 9.17) is 0 Å². The number of hydrogen-bond acceptors (Lipinski definition) is 2. The second-order valence-electron chi connectivity index (χ2n) is 3.88. The predicted octanol–water partition coefficient (Wildman–Crippen LogP) is 2.43. The van der Waals surface area contributed by atoms with Crippen molar-refractivity contribution in [3.8, 4) is 11.4 Å². The molecule has 0 aliphatic heterocycles. The molecule has 2 aromatic rings. The molecule has 0 unspecified atom stereocenters. The SMILES string of the molecule is CCn1ccnc1-c1cc(CNC)ccc1F. The fraction of sp³-hybridized carbons (Fsp3) is 0.308. The average molecular weight is 233 g/mol. The monoisotopic (exact) mass is 233 g/mol. The second kappa shape index (κ2) is 5.10. The molecule has 0 fully saturated rings. The number of nitrogens with one attached hydrogen (secondary N) is 1. The molecule has 0 spiro atoms. The first kappa shape index (κ1) is 11.8. The van der Waals surface area contributed by atoms with E-state index in [1.54, 1.807) is 12.3 Å². The van der Waals surface area contributed by atoms with Crippen LogP contribution in [-0.2, 0) is 13.1 Å². The Morgan fingerprint density at radius 3 is 2.94 bits per heavy atom. The number of benzene rings is 1. The van der Waals surface area contributed by atoms with Gasteiger partial charge in [0.25, 0.3) is 0 Å². The van der Waals surface area contributed by atoms with E-state index in [0.29, 0.717) is 11.4 Å². The number of rotatable bonds is 4. The Labute approximate surface area is 100 Å². The summed E-state index contributed by atoms with van der Waals surface area (Å²) in [5.41, 5.74) is 1.61. The van der Waals surface area contributed by atoms with Crippen LogP contribution in [0.25, 0.3) is 11.4 Å². The van der Waals surface area contributed by atoms with Gasteiger partial charge in [0.1, 0.15) is 11.6 Å². The standard InChI is InChI=1S/C13H16FN3/c1-3-17-7-6-16-13(17)11-8-10(9-15-2)4-5-12(11)14/h4-8,15H,3,9H2,1-2H3. The minimum atomic E-state index is -0.231. The normalized spacial score (nSPS) is 10.8. The van der Waals surface area contributed by atoms with Gasteiger partial charge in [-0.25, -0.2) is 9.37 Å². The summed E-state index contributed by atoms with van der Waals surface area (Å²) in [6.07, 6.45) is 3.56. The maximum Gasteiger partial charge on any atom is 0.142 e. The van der Waals surface area contributed by atoms with E-state index < -0.39 is 0 Å². The largest absolute Gasteiger partial charge is 0.331 e. The summed E-state index contributed by atoms with van der Waals surface area (Å²) < 4.78 is 15.7. The lowest BCUT2D eigenvalue weighted by Gasteiger charge is -2.08. The summed E-state index contributed by atoms with van der Waals surface area (Å²) in [5, 5.41) is 3.05. The Bertz CT molecular complexity index is 505. The number of halogens is 1. The maximum absolute atomic E-state index is 13.8. The smallest absolute Gasteiger partial charge is 0.142 e. The first-order chi connectivity index (χ1) is 8.26. The summed E-state index contributed by atoms with van der Waals surface area (Å²) >= 11 is 0. The molecule has 0 amide bonds. The number of nitrogens with zero attached hydrogens (tertiary/aromatic N) is 2. The van der Waals surface area contributed by atoms with Gasteiger partial charge in [0.2, 0.25) is 0 Å². The van der Waals surface area contributed by atoms with Crippen molar-refractivity contribution in [1.29, 1.82) is 0 Å². The minimum Gasteiger partial charge on any atom is -0.331 e. The van der Waals surface area contributed by atoms with Gasteiger partial charge in [0.05, 0.1) is 5.56 Å². The molecule has 3 nitrogen and oxygen atoms in total. The van der Waals surface area contributed by atoms with Gasteiger partial charge >= 0.3 is 0 Å². The molecule has 1 aromatic carbocycles. The van der Waals surface area contributed by atoms with Crippen LogP contribution >= 0.6 is 0 Å². The van der Waals surface area contributed by atoms with Crippen LogP contribution in [0, 0.1) is 5.82 Å². The van der Waals surface area contributed by atoms with Crippen LogP contribution in [0.3, 0.4) is 0 Å². The van der Waals surface area contributed by atoms with Crippen LogP contribution in [0.5, 0.6) is 0 Å². The molecule has 17 heavy (non-hydrogen) atoms. The van der Waals surface area contributed by atoms with Gasteiger partial charge in [-0.3, -0.25) is 0 Å². The average Bonchev–Trinajstić information content (AvgIpc) is 2.80. The number of aryl methyl sites for hydroxylation is 1. The molecular weight excluding hydrogens is 217 g/mol. The Morgan fingerprint density at radius 1 is 1.41 bits per heavy atom. The lowest BCUT2D eigenvalue weighted by molar-refractivity contribution is 0.625. The van der Waals surface area contributed by atoms with Gasteiger partial charge in [0.15, 0.2) is 0 Å². The molecular formula is C13H16FN3. The van der Waals surface area contributed by atoms with Crippen molar-refractivity contribution in [1.82, 2.24) is 14.9 Å². The quantitative estimate of drug-likeness (QED) is 0.879. The van der Waals surface area contributed by atoms with Gasteiger partial charge in [0, 0.05) is 25.5 Å². The van der Waals surface area contributed by atoms with Crippen molar-refractivity contribution >= 4 is 0 Å². The van der Waals surface area contributed by atoms with Crippen molar-refractivity contribution in [2.45, 2.75) is 20.0 Å². The topological polar surface area (TPSA) is 29.9 Å². The third-order valence-corrected chi connectivity index (χ3v) is 2.71. The van der Waals surface area contributed by atoms with Crippen LogP contribution in [0.1, 0.15) is 12.5 Å². The van der Waals surface area contributed by atoms with Gasteiger partial charge in [-0.2, -0.15) is 0 Å². The zero-order valence-corrected chi connectivity index (χ0v) is 10.1. The molecule has 4 heteroatoms. The van der Waals surface area contributed by atoms with E-state index in [2.05, 4.69) is 10.3 Å². The van der Waals surface area contributed by atoms with Crippen LogP contribution < -0.4 is 5.32 Å². The summed E-state index contributed by atoms with van der Waals surface area (Å²) in [5.74, 6) is 0.453. The van der Waals surface area contributed by atoms with Gasteiger partial charge in [-0.05, 0) is 31.7 Å². The molecule has 0 saturated heterocycles. The number of hydrogen-bond donors (Lipinski definition) is 1. The number of imidazole rings is 1. The summed E-state index contributed by atoms with van der Waals surface area (Å²) in [6.45, 7) is 3.52. The molecule has 0 aliphatic carbocycles. The zero-order valence-electron chi connectivity index (χ0n) is 10.1. The van der Waals surface area contributed by atoms with E-state index in [0.717, 1.165) is 18.7 Å². The molecule has 0 radical (unpaired) electrons. The van der Waals surface area contributed by atoms with E-state index in [-0.39, 0.29) is 5.82 Å². The third-order valence-electron chi connectivity index (χ3n) is 2.71. The van der Waals surface area contributed by atoms with Crippen molar-refractivity contribution in [3.05, 3.63) is 42.0 Å². The number of aromatic nitrogens is 2. The summed E-state index contributed by atoms with van der Waals surface area (Å²) in [7, 11) is 1.87. The van der Waals surface area contributed by atoms with Crippen molar-refractivity contribution in [2.24, 2.45) is 0 Å². The molecule has 0 bridgehead atoms. The van der Waals surface area contributed by atoms with Crippen LogP contribution in [0.15, 0.2) is 30.6 Å². The van der Waals surface area contributed by atoms with Crippen molar-refractivity contribution < 1.29 is 4.39 Å². The van der Waals surface area contributed by atoms with E-state index in [9.17, 15) is 4.39 Å². The molecule has 0 saturated carbocycles. The summed E-state index contributed by atoms with van der Waals surface area (Å²) in [6, 6.07) is 5.13. The molecule has 1 aromatic heterocycles. The van der Waals surface area contributed by atoms with Crippen LogP contribution in [0.2, 0.25) is 0 Å². The molecule has 0 aliphatic rings. The van der Waals surface area contributed by atoms with Crippen LogP contribution in [0.4, 0.5) is 4.39 Å². The first-order valence-corrected chi connectivity index (χ1v) is 5.70. The van der Waals surface area contributed by atoms with E-state index >= 15 is 0 Å². The Morgan fingerprint density at radius 2 is 2.24 bits per heavy atom. The highest BCUT2D eigenvalue weighted by molar-refractivity contribution is 5.57. The summed E-state index contributed by atoms with van der Waals surface area (Å²) in [4.78, 5) is 4.22. The fourth-order valence-corrected chi connectivity index (χ4v) is 1.87. The molecule has 90 valence electrons. The molecule has 1 N–H and O–H groups in total. The Balaban J connectivity index is 2.46. The Kier molecular flexibility index (Phi) is 3.54. The third kappa shape index (κ3) is 2.36. The van der Waals surface area contributed by atoms with Crippen molar-refractivity contribution in [3.63, 3.8) is 0 Å². The lowest BCUT2D eigenvalue weighted by Crippen LogP contribution is -2.06. The highest BCUT2D eigenvalue weighted by atomic mass is 19.1. The van der Waals surface area contributed by atoms with Crippen LogP contribution in [-0.4, -0.2) is 16.6 Å². The van der Waals surface area contributed by atoms with Crippen molar-refractivity contribution in [2.75, 3.05) is 7.05 Å². The fourth-order valence-electron chi connectivity index (χ4n) is 1.87.